The fourth-order valence-corrected chi connectivity index (χ4v) is 3.54. The van der Waals surface area contributed by atoms with Crippen LogP contribution >= 0.6 is 11.5 Å². The van der Waals surface area contributed by atoms with Crippen molar-refractivity contribution < 1.29 is 13.2 Å². The fourth-order valence-electron chi connectivity index (χ4n) is 2.59. The Bertz CT molecular complexity index is 1030. The van der Waals surface area contributed by atoms with Gasteiger partial charge in [0.15, 0.2) is 5.56 Å². The van der Waals surface area contributed by atoms with E-state index in [0.717, 1.165) is 23.2 Å². The number of aryl methyl sites for hydroxylation is 2. The number of para-hydroxylation sites is 1. The van der Waals surface area contributed by atoms with Gasteiger partial charge in [-0.2, -0.15) is 18.4 Å². The topological polar surface area (TPSA) is 57.8 Å². The normalized spacial score (nSPS) is 11.2. The Balaban J connectivity index is 1.89. The Morgan fingerprint density at radius 1 is 1.07 bits per heavy atom. The second-order valence-electron chi connectivity index (χ2n) is 5.72. The number of nitriles is 1. The number of rotatable bonds is 5. The van der Waals surface area contributed by atoms with Gasteiger partial charge in [0, 0.05) is 6.54 Å². The van der Waals surface area contributed by atoms with E-state index in [1.807, 2.05) is 30.3 Å². The zero-order valence-electron chi connectivity index (χ0n) is 14.0. The number of halogens is 3. The van der Waals surface area contributed by atoms with Gasteiger partial charge in [0.1, 0.15) is 11.1 Å². The highest BCUT2D eigenvalue weighted by molar-refractivity contribution is 7.11. The van der Waals surface area contributed by atoms with Crippen LogP contribution in [0.5, 0.6) is 0 Å². The molecule has 3 aromatic rings. The number of alkyl halides is 3. The third-order valence-electron chi connectivity index (χ3n) is 3.91. The maximum absolute atomic E-state index is 13.2. The molecule has 0 bridgehead atoms. The molecule has 0 amide bonds. The minimum absolute atomic E-state index is 0.104. The fraction of sp³-hybridized carbons (Fsp3) is 0.158. The summed E-state index contributed by atoms with van der Waals surface area (Å²) in [6.45, 7) is 0.338. The van der Waals surface area contributed by atoms with Crippen LogP contribution in [0.4, 0.5) is 23.9 Å². The van der Waals surface area contributed by atoms with Gasteiger partial charge < -0.3 is 5.32 Å². The van der Waals surface area contributed by atoms with E-state index in [2.05, 4.69) is 5.32 Å². The molecule has 27 heavy (non-hydrogen) atoms. The van der Waals surface area contributed by atoms with E-state index in [0.29, 0.717) is 13.0 Å². The lowest BCUT2D eigenvalue weighted by atomic mass is 10.1. The predicted octanol–water partition coefficient (Wildman–Crippen LogP) is 4.79. The quantitative estimate of drug-likeness (QED) is 0.683. The summed E-state index contributed by atoms with van der Waals surface area (Å²) in [5.74, 6) is 0. The molecule has 0 unspecified atom stereocenters. The lowest BCUT2D eigenvalue weighted by Crippen LogP contribution is -2.16. The van der Waals surface area contributed by atoms with Crippen molar-refractivity contribution in [1.29, 1.82) is 5.26 Å². The number of anilines is 2. The Morgan fingerprint density at radius 3 is 2.41 bits per heavy atom. The van der Waals surface area contributed by atoms with Crippen molar-refractivity contribution in [3.8, 4) is 6.07 Å². The van der Waals surface area contributed by atoms with Crippen molar-refractivity contribution in [2.45, 2.75) is 19.1 Å². The van der Waals surface area contributed by atoms with Gasteiger partial charge in [0.05, 0.1) is 11.3 Å². The highest BCUT2D eigenvalue weighted by Gasteiger charge is 2.33. The Morgan fingerprint density at radius 2 is 1.74 bits per heavy atom. The molecule has 8 heteroatoms. The minimum atomic E-state index is -4.54. The van der Waals surface area contributed by atoms with Crippen LogP contribution in [0.15, 0.2) is 59.4 Å². The van der Waals surface area contributed by atoms with Crippen LogP contribution < -0.4 is 10.9 Å². The minimum Gasteiger partial charge on any atom is -0.344 e. The molecule has 0 saturated heterocycles. The van der Waals surface area contributed by atoms with E-state index < -0.39 is 17.3 Å². The maximum Gasteiger partial charge on any atom is 0.418 e. The number of hydrogen-bond donors (Lipinski definition) is 1. The van der Waals surface area contributed by atoms with Gasteiger partial charge in [-0.1, -0.05) is 42.5 Å². The molecule has 0 saturated carbocycles. The molecule has 0 spiro atoms. The van der Waals surface area contributed by atoms with Crippen LogP contribution in [0.1, 0.15) is 16.7 Å². The second-order valence-corrected chi connectivity index (χ2v) is 6.75. The van der Waals surface area contributed by atoms with Gasteiger partial charge in [0.25, 0.3) is 5.56 Å². The van der Waals surface area contributed by atoms with Crippen LogP contribution in [-0.2, 0) is 19.1 Å². The van der Waals surface area contributed by atoms with Crippen molar-refractivity contribution >= 4 is 22.2 Å². The van der Waals surface area contributed by atoms with Crippen molar-refractivity contribution in [2.24, 2.45) is 0 Å². The smallest absolute Gasteiger partial charge is 0.344 e. The first-order valence-electron chi connectivity index (χ1n) is 8.01. The standard InChI is InChI=1S/C19H14F3N3OS/c20-19(21,22)15-8-4-5-9-16(15)24-17-14(12-23)18(26)25(27-17)11-10-13-6-2-1-3-7-13/h1-9,24H,10-11H2. The molecular weight excluding hydrogens is 375 g/mol. The van der Waals surface area contributed by atoms with Crippen LogP contribution in [0.2, 0.25) is 0 Å². The van der Waals surface area contributed by atoms with E-state index in [1.54, 1.807) is 6.07 Å². The second kappa shape index (κ2) is 7.68. The number of hydrogen-bond acceptors (Lipinski definition) is 4. The third-order valence-corrected chi connectivity index (χ3v) is 4.97. The van der Waals surface area contributed by atoms with Gasteiger partial charge in [0.2, 0.25) is 0 Å². The zero-order chi connectivity index (χ0) is 19.4. The number of nitrogens with one attached hydrogen (secondary N) is 1. The monoisotopic (exact) mass is 389 g/mol. The first-order chi connectivity index (χ1) is 12.9. The summed E-state index contributed by atoms with van der Waals surface area (Å²) < 4.78 is 40.9. The van der Waals surface area contributed by atoms with Crippen LogP contribution in [0, 0.1) is 11.3 Å². The van der Waals surface area contributed by atoms with E-state index in [-0.39, 0.29) is 16.3 Å². The number of aromatic nitrogens is 1. The van der Waals surface area contributed by atoms with Crippen molar-refractivity contribution in [3.63, 3.8) is 0 Å². The van der Waals surface area contributed by atoms with E-state index >= 15 is 0 Å². The summed E-state index contributed by atoms with van der Waals surface area (Å²) in [6.07, 6.45) is -3.97. The molecule has 0 atom stereocenters. The summed E-state index contributed by atoms with van der Waals surface area (Å²) in [5, 5.41) is 12.0. The molecule has 0 aliphatic rings. The van der Waals surface area contributed by atoms with Crippen molar-refractivity contribution in [2.75, 3.05) is 5.32 Å². The Hall–Kier alpha value is -3.05. The molecular formula is C19H14F3N3OS. The Kier molecular flexibility index (Phi) is 5.33. The van der Waals surface area contributed by atoms with Crippen LogP contribution in [0.3, 0.4) is 0 Å². The van der Waals surface area contributed by atoms with E-state index in [9.17, 15) is 23.2 Å². The van der Waals surface area contributed by atoms with E-state index in [1.165, 1.54) is 22.2 Å². The molecule has 3 rings (SSSR count). The molecule has 0 aliphatic carbocycles. The van der Waals surface area contributed by atoms with Gasteiger partial charge in [-0.25, -0.2) is 0 Å². The first kappa shape index (κ1) is 18.7. The van der Waals surface area contributed by atoms with Gasteiger partial charge >= 0.3 is 6.18 Å². The van der Waals surface area contributed by atoms with E-state index in [4.69, 9.17) is 0 Å². The van der Waals surface area contributed by atoms with Crippen LogP contribution in [-0.4, -0.2) is 3.96 Å². The zero-order valence-corrected chi connectivity index (χ0v) is 14.8. The van der Waals surface area contributed by atoms with Gasteiger partial charge in [-0.15, -0.1) is 0 Å². The maximum atomic E-state index is 13.2. The first-order valence-corrected chi connectivity index (χ1v) is 8.79. The number of nitrogens with zero attached hydrogens (tertiary/aromatic N) is 2. The Labute approximate surface area is 157 Å². The number of benzene rings is 2. The molecule has 0 aliphatic heterocycles. The van der Waals surface area contributed by atoms with Crippen LogP contribution in [0.25, 0.3) is 0 Å². The van der Waals surface area contributed by atoms with Crippen molar-refractivity contribution in [1.82, 2.24) is 3.96 Å². The highest BCUT2D eigenvalue weighted by atomic mass is 32.1. The molecule has 4 nitrogen and oxygen atoms in total. The van der Waals surface area contributed by atoms with Gasteiger partial charge in [-0.3, -0.25) is 8.75 Å². The average molecular weight is 389 g/mol. The lowest BCUT2D eigenvalue weighted by molar-refractivity contribution is -0.136. The summed E-state index contributed by atoms with van der Waals surface area (Å²) in [6, 6.07) is 16.2. The largest absolute Gasteiger partial charge is 0.418 e. The predicted molar refractivity (Wildman–Crippen MR) is 98.2 cm³/mol. The summed E-state index contributed by atoms with van der Waals surface area (Å²) in [7, 11) is 0. The molecule has 1 aromatic heterocycles. The van der Waals surface area contributed by atoms with Gasteiger partial charge in [-0.05, 0) is 35.6 Å². The molecule has 1 heterocycles. The molecule has 1 N–H and O–H groups in total. The highest BCUT2D eigenvalue weighted by Crippen LogP contribution is 2.36. The average Bonchev–Trinajstić information content (AvgIpc) is 2.95. The SMILES string of the molecule is N#Cc1c(Nc2ccccc2C(F)(F)F)sn(CCc2ccccc2)c1=O. The molecule has 138 valence electrons. The lowest BCUT2D eigenvalue weighted by Gasteiger charge is -2.13. The van der Waals surface area contributed by atoms with Crippen molar-refractivity contribution in [3.05, 3.63) is 81.6 Å². The summed E-state index contributed by atoms with van der Waals surface area (Å²) in [5.41, 5.74) is -0.729. The molecule has 0 fully saturated rings. The molecule has 0 radical (unpaired) electrons. The summed E-state index contributed by atoms with van der Waals surface area (Å²) in [4.78, 5) is 12.4. The third kappa shape index (κ3) is 4.20. The summed E-state index contributed by atoms with van der Waals surface area (Å²) >= 11 is 0.947. The molecule has 2 aromatic carbocycles.